The minimum Gasteiger partial charge on any atom is -0.478 e. The molecule has 10 heteroatoms. The highest BCUT2D eigenvalue weighted by Gasteiger charge is 2.22. The van der Waals surface area contributed by atoms with Crippen molar-refractivity contribution < 1.29 is 49.1 Å². The predicted molar refractivity (Wildman–Crippen MR) is 192 cm³/mol. The molecular formula is C42H26O10. The molecule has 0 aromatic heterocycles. The monoisotopic (exact) mass is 690 g/mol. The van der Waals surface area contributed by atoms with Gasteiger partial charge in [0.25, 0.3) is 0 Å². The molecule has 0 aliphatic rings. The number of benzene rings is 6. The lowest BCUT2D eigenvalue weighted by Gasteiger charge is -2.19. The quantitative estimate of drug-likeness (QED) is 0.0963. The molecule has 0 saturated heterocycles. The minimum atomic E-state index is -1.45. The van der Waals surface area contributed by atoms with Gasteiger partial charge in [0.05, 0.1) is 27.8 Å². The van der Waals surface area contributed by atoms with E-state index in [9.17, 15) is 39.6 Å². The summed E-state index contributed by atoms with van der Waals surface area (Å²) in [6.45, 7) is 0. The molecular weight excluding hydrogens is 664 g/mol. The van der Waals surface area contributed by atoms with Crippen LogP contribution in [0.5, 0.6) is 23.0 Å². The normalized spacial score (nSPS) is 10.5. The second kappa shape index (κ2) is 14.5. The molecule has 0 atom stereocenters. The van der Waals surface area contributed by atoms with Gasteiger partial charge < -0.3 is 29.9 Å². The summed E-state index contributed by atoms with van der Waals surface area (Å²) in [7, 11) is 0. The van der Waals surface area contributed by atoms with Crippen molar-refractivity contribution in [3.8, 4) is 68.7 Å². The molecule has 0 radical (unpaired) electrons. The van der Waals surface area contributed by atoms with Gasteiger partial charge in [-0.2, -0.15) is 0 Å². The average Bonchev–Trinajstić information content (AvgIpc) is 3.15. The number of carboxylic acids is 4. The van der Waals surface area contributed by atoms with Crippen LogP contribution < -0.4 is 9.47 Å². The fourth-order valence-corrected chi connectivity index (χ4v) is 5.69. The van der Waals surface area contributed by atoms with Gasteiger partial charge in [0.2, 0.25) is 0 Å². The molecule has 6 rings (SSSR count). The summed E-state index contributed by atoms with van der Waals surface area (Å²) < 4.78 is 12.6. The van der Waals surface area contributed by atoms with E-state index in [4.69, 9.17) is 15.9 Å². The summed E-state index contributed by atoms with van der Waals surface area (Å²) in [6.07, 6.45) is 6.16. The lowest BCUT2D eigenvalue weighted by atomic mass is 9.92. The van der Waals surface area contributed by atoms with Crippen molar-refractivity contribution in [3.05, 3.63) is 155 Å². The Hall–Kier alpha value is -7.64. The SMILES string of the molecule is C#Cc1c(-c2ccc(-c3ccccc3)c(Oc3ccc(C(=O)O)c(C(=O)O)c3)c2)ccc(-c2ccccc2)c1Oc1ccc(C(=O)O)c(C(=O)O)c1. The number of terminal acetylenes is 1. The molecule has 0 bridgehead atoms. The highest BCUT2D eigenvalue weighted by atomic mass is 16.5. The van der Waals surface area contributed by atoms with E-state index in [0.717, 1.165) is 35.4 Å². The van der Waals surface area contributed by atoms with Crippen molar-refractivity contribution >= 4 is 23.9 Å². The van der Waals surface area contributed by atoms with Crippen LogP contribution in [0.25, 0.3) is 33.4 Å². The number of hydrogen-bond acceptors (Lipinski definition) is 6. The van der Waals surface area contributed by atoms with Crippen molar-refractivity contribution in [2.45, 2.75) is 0 Å². The number of rotatable bonds is 11. The molecule has 0 heterocycles. The average molecular weight is 691 g/mol. The van der Waals surface area contributed by atoms with Crippen LogP contribution in [0.3, 0.4) is 0 Å². The summed E-state index contributed by atoms with van der Waals surface area (Å²) in [5, 5.41) is 38.5. The van der Waals surface area contributed by atoms with Crippen LogP contribution >= 0.6 is 0 Å². The molecule has 6 aromatic carbocycles. The lowest BCUT2D eigenvalue weighted by Crippen LogP contribution is -2.08. The van der Waals surface area contributed by atoms with Gasteiger partial charge in [-0.15, -0.1) is 6.42 Å². The van der Waals surface area contributed by atoms with Gasteiger partial charge in [0.1, 0.15) is 17.2 Å². The Bertz CT molecular complexity index is 2430. The summed E-state index contributed by atoms with van der Waals surface area (Å²) in [4.78, 5) is 47.2. The highest BCUT2D eigenvalue weighted by Crippen LogP contribution is 2.44. The standard InChI is InChI=1S/C42H26O10/c1-2-29-30(19-20-32(25-11-7-4-8-12-25)38(29)52-28-15-18-34(40(45)46)36(23-28)42(49)50)26-13-16-31(24-9-5-3-6-10-24)37(21-26)51-27-14-17-33(39(43)44)35(22-27)41(47)48/h1,3-23H,(H,43,44)(H,45,46)(H,47,48)(H,49,50). The topological polar surface area (TPSA) is 168 Å². The number of carboxylic acid groups (broad SMARTS) is 4. The Morgan fingerprint density at radius 3 is 1.42 bits per heavy atom. The molecule has 0 aliphatic carbocycles. The van der Waals surface area contributed by atoms with E-state index in [-0.39, 0.29) is 22.8 Å². The van der Waals surface area contributed by atoms with Crippen LogP contribution in [-0.4, -0.2) is 44.3 Å². The summed E-state index contributed by atoms with van der Waals surface area (Å²) >= 11 is 0. The molecule has 0 fully saturated rings. The van der Waals surface area contributed by atoms with E-state index in [2.05, 4.69) is 5.92 Å². The Morgan fingerprint density at radius 2 is 0.923 bits per heavy atom. The first kappa shape index (κ1) is 34.2. The zero-order valence-corrected chi connectivity index (χ0v) is 26.9. The van der Waals surface area contributed by atoms with Gasteiger partial charge in [-0.3, -0.25) is 0 Å². The summed E-state index contributed by atoms with van der Waals surface area (Å²) in [5.41, 5.74) is 2.41. The number of carbonyl (C=O) groups is 4. The molecule has 0 unspecified atom stereocenters. The molecule has 6 aromatic rings. The first-order chi connectivity index (χ1) is 25.0. The van der Waals surface area contributed by atoms with Crippen LogP contribution in [0.4, 0.5) is 0 Å². The molecule has 0 saturated carbocycles. The zero-order valence-electron chi connectivity index (χ0n) is 26.9. The highest BCUT2D eigenvalue weighted by molar-refractivity contribution is 6.03. The van der Waals surface area contributed by atoms with E-state index in [1.54, 1.807) is 24.3 Å². The Morgan fingerprint density at radius 1 is 0.462 bits per heavy atom. The Kier molecular flexibility index (Phi) is 9.52. The molecule has 0 aliphatic heterocycles. The summed E-state index contributed by atoms with van der Waals surface area (Å²) in [6, 6.07) is 34.7. The number of aromatic carboxylic acids is 4. The van der Waals surface area contributed by atoms with Crippen molar-refractivity contribution in [2.24, 2.45) is 0 Å². The van der Waals surface area contributed by atoms with Crippen LogP contribution in [-0.2, 0) is 0 Å². The maximum atomic E-state index is 12.0. The van der Waals surface area contributed by atoms with E-state index in [1.807, 2.05) is 66.7 Å². The third-order valence-electron chi connectivity index (χ3n) is 8.12. The van der Waals surface area contributed by atoms with E-state index in [1.165, 1.54) is 12.1 Å². The fraction of sp³-hybridized carbons (Fsp3) is 0. The third kappa shape index (κ3) is 6.92. The summed E-state index contributed by atoms with van der Waals surface area (Å²) in [5.74, 6) is -2.35. The molecule has 0 amide bonds. The maximum absolute atomic E-state index is 12.0. The minimum absolute atomic E-state index is 0.0377. The third-order valence-corrected chi connectivity index (χ3v) is 8.12. The Balaban J connectivity index is 1.53. The van der Waals surface area contributed by atoms with Crippen LogP contribution in [0.1, 0.15) is 47.0 Å². The van der Waals surface area contributed by atoms with Crippen LogP contribution in [0, 0.1) is 12.3 Å². The first-order valence-electron chi connectivity index (χ1n) is 15.5. The molecule has 254 valence electrons. The van der Waals surface area contributed by atoms with Gasteiger partial charge in [-0.1, -0.05) is 84.8 Å². The predicted octanol–water partition coefficient (Wildman–Crippen LogP) is 9.05. The zero-order chi connectivity index (χ0) is 36.9. The molecule has 4 N–H and O–H groups in total. The van der Waals surface area contributed by atoms with Gasteiger partial charge in [-0.05, 0) is 65.2 Å². The van der Waals surface area contributed by atoms with Crippen LogP contribution in [0.15, 0.2) is 127 Å². The molecule has 52 heavy (non-hydrogen) atoms. The molecule has 0 spiro atoms. The Labute approximate surface area is 296 Å². The fourth-order valence-electron chi connectivity index (χ4n) is 5.69. The van der Waals surface area contributed by atoms with E-state index >= 15 is 0 Å². The lowest BCUT2D eigenvalue weighted by molar-refractivity contribution is 0.0651. The van der Waals surface area contributed by atoms with E-state index < -0.39 is 46.1 Å². The number of ether oxygens (including phenoxy) is 2. The van der Waals surface area contributed by atoms with Crippen molar-refractivity contribution in [1.29, 1.82) is 0 Å². The van der Waals surface area contributed by atoms with Gasteiger partial charge in [0, 0.05) is 16.7 Å². The second-order valence-electron chi connectivity index (χ2n) is 11.3. The van der Waals surface area contributed by atoms with Gasteiger partial charge in [-0.25, -0.2) is 19.2 Å². The smallest absolute Gasteiger partial charge is 0.336 e. The van der Waals surface area contributed by atoms with E-state index in [0.29, 0.717) is 28.0 Å². The largest absolute Gasteiger partial charge is 0.478 e. The second-order valence-corrected chi connectivity index (χ2v) is 11.3. The molecule has 10 nitrogen and oxygen atoms in total. The van der Waals surface area contributed by atoms with Crippen molar-refractivity contribution in [1.82, 2.24) is 0 Å². The van der Waals surface area contributed by atoms with Gasteiger partial charge in [0.15, 0.2) is 5.75 Å². The van der Waals surface area contributed by atoms with Crippen molar-refractivity contribution in [3.63, 3.8) is 0 Å². The van der Waals surface area contributed by atoms with Crippen molar-refractivity contribution in [2.75, 3.05) is 0 Å². The maximum Gasteiger partial charge on any atom is 0.336 e. The van der Waals surface area contributed by atoms with Crippen LogP contribution in [0.2, 0.25) is 0 Å². The number of hydrogen-bond donors (Lipinski definition) is 4. The first-order valence-corrected chi connectivity index (χ1v) is 15.5. The van der Waals surface area contributed by atoms with Gasteiger partial charge >= 0.3 is 23.9 Å².